The van der Waals surface area contributed by atoms with Crippen molar-refractivity contribution in [3.05, 3.63) is 48.0 Å². The quantitative estimate of drug-likeness (QED) is 0.438. The van der Waals surface area contributed by atoms with Crippen LogP contribution < -0.4 is 0 Å². The lowest BCUT2D eigenvalue weighted by atomic mass is 9.92. The molecule has 0 N–H and O–H groups in total. The summed E-state index contributed by atoms with van der Waals surface area (Å²) in [7, 11) is 0. The van der Waals surface area contributed by atoms with Crippen molar-refractivity contribution in [2.45, 2.75) is 56.2 Å². The summed E-state index contributed by atoms with van der Waals surface area (Å²) in [5.74, 6) is 0.942. The van der Waals surface area contributed by atoms with Crippen molar-refractivity contribution in [3.63, 3.8) is 0 Å². The van der Waals surface area contributed by atoms with Gasteiger partial charge in [-0.1, -0.05) is 96.9 Å². The van der Waals surface area contributed by atoms with Gasteiger partial charge in [-0.2, -0.15) is 0 Å². The van der Waals surface area contributed by atoms with Gasteiger partial charge in [-0.3, -0.25) is 0 Å². The highest BCUT2D eigenvalue weighted by Gasteiger charge is 2.16. The molecule has 1 fully saturated rings. The van der Waals surface area contributed by atoms with Crippen molar-refractivity contribution >= 4 is 26.7 Å². The SMILES string of the molecule is BrC(Cc1ccc2ccccc2c1)CC1CCCCCC1. The Hall–Kier alpha value is -0.820. The van der Waals surface area contributed by atoms with Gasteiger partial charge in [0.25, 0.3) is 0 Å². The van der Waals surface area contributed by atoms with Crippen LogP contribution in [-0.4, -0.2) is 4.83 Å². The average Bonchev–Trinajstić information content (AvgIpc) is 2.75. The van der Waals surface area contributed by atoms with Crippen LogP contribution in [0.2, 0.25) is 0 Å². The number of hydrogen-bond acceptors (Lipinski definition) is 0. The highest BCUT2D eigenvalue weighted by molar-refractivity contribution is 9.09. The fourth-order valence-electron chi connectivity index (χ4n) is 3.67. The van der Waals surface area contributed by atoms with E-state index in [1.807, 2.05) is 0 Å². The molecule has 0 aromatic heterocycles. The normalized spacial score (nSPS) is 18.5. The molecular formula is C20H25Br. The van der Waals surface area contributed by atoms with E-state index >= 15 is 0 Å². The van der Waals surface area contributed by atoms with E-state index in [0.717, 1.165) is 12.3 Å². The first kappa shape index (κ1) is 15.1. The van der Waals surface area contributed by atoms with Gasteiger partial charge in [0, 0.05) is 4.83 Å². The zero-order valence-electron chi connectivity index (χ0n) is 12.7. The van der Waals surface area contributed by atoms with Crippen LogP contribution in [0.5, 0.6) is 0 Å². The first-order valence-electron chi connectivity index (χ1n) is 8.43. The summed E-state index contributed by atoms with van der Waals surface area (Å²) in [6, 6.07) is 15.6. The van der Waals surface area contributed by atoms with Crippen molar-refractivity contribution in [1.82, 2.24) is 0 Å². The second-order valence-corrected chi connectivity index (χ2v) is 7.87. The Balaban J connectivity index is 1.61. The molecule has 1 saturated carbocycles. The highest BCUT2D eigenvalue weighted by atomic mass is 79.9. The summed E-state index contributed by atoms with van der Waals surface area (Å²) < 4.78 is 0. The predicted octanol–water partition coefficient (Wildman–Crippen LogP) is 6.51. The smallest absolute Gasteiger partial charge is 0.0188 e. The Morgan fingerprint density at radius 1 is 0.905 bits per heavy atom. The Labute approximate surface area is 137 Å². The lowest BCUT2D eigenvalue weighted by Crippen LogP contribution is -2.10. The number of alkyl halides is 1. The van der Waals surface area contributed by atoms with Crippen LogP contribution in [0.25, 0.3) is 10.8 Å². The minimum Gasteiger partial charge on any atom is -0.0887 e. The van der Waals surface area contributed by atoms with Crippen LogP contribution in [0, 0.1) is 5.92 Å². The third-order valence-electron chi connectivity index (χ3n) is 4.83. The molecule has 0 amide bonds. The average molecular weight is 345 g/mol. The van der Waals surface area contributed by atoms with E-state index in [0.29, 0.717) is 4.83 Å². The molecule has 1 heteroatoms. The van der Waals surface area contributed by atoms with Gasteiger partial charge in [0.1, 0.15) is 0 Å². The molecule has 0 heterocycles. The van der Waals surface area contributed by atoms with Crippen molar-refractivity contribution < 1.29 is 0 Å². The van der Waals surface area contributed by atoms with Crippen molar-refractivity contribution in [2.75, 3.05) is 0 Å². The Bertz CT molecular complexity index is 567. The molecule has 1 unspecified atom stereocenters. The summed E-state index contributed by atoms with van der Waals surface area (Å²) in [5.41, 5.74) is 1.46. The third kappa shape index (κ3) is 4.32. The first-order valence-corrected chi connectivity index (χ1v) is 9.34. The van der Waals surface area contributed by atoms with Gasteiger partial charge in [0.05, 0.1) is 0 Å². The zero-order chi connectivity index (χ0) is 14.5. The standard InChI is InChI=1S/C20H25Br/c21-20(14-16-7-3-1-2-4-8-16)15-17-11-12-18-9-5-6-10-19(18)13-17/h5-6,9-13,16,20H,1-4,7-8,14-15H2. The largest absolute Gasteiger partial charge is 0.0887 e. The number of rotatable bonds is 4. The molecule has 3 rings (SSSR count). The Morgan fingerprint density at radius 2 is 1.62 bits per heavy atom. The van der Waals surface area contributed by atoms with Gasteiger partial charge in [0.15, 0.2) is 0 Å². The fraction of sp³-hybridized carbons (Fsp3) is 0.500. The molecule has 0 aliphatic heterocycles. The molecule has 0 radical (unpaired) electrons. The van der Waals surface area contributed by atoms with E-state index in [-0.39, 0.29) is 0 Å². The van der Waals surface area contributed by atoms with Gasteiger partial charge in [-0.05, 0) is 35.1 Å². The van der Waals surface area contributed by atoms with Crippen LogP contribution in [0.3, 0.4) is 0 Å². The van der Waals surface area contributed by atoms with Gasteiger partial charge >= 0.3 is 0 Å². The van der Waals surface area contributed by atoms with E-state index in [1.54, 1.807) is 0 Å². The molecule has 1 atom stereocenters. The topological polar surface area (TPSA) is 0 Å². The van der Waals surface area contributed by atoms with Gasteiger partial charge < -0.3 is 0 Å². The molecule has 0 bridgehead atoms. The second kappa shape index (κ2) is 7.45. The molecular weight excluding hydrogens is 320 g/mol. The Kier molecular flexibility index (Phi) is 5.35. The molecule has 2 aromatic carbocycles. The molecule has 0 nitrogen and oxygen atoms in total. The summed E-state index contributed by atoms with van der Waals surface area (Å²) >= 11 is 3.94. The summed E-state index contributed by atoms with van der Waals surface area (Å²) in [5, 5.41) is 2.71. The Morgan fingerprint density at radius 3 is 2.38 bits per heavy atom. The predicted molar refractivity (Wildman–Crippen MR) is 96.2 cm³/mol. The lowest BCUT2D eigenvalue weighted by molar-refractivity contribution is 0.423. The minimum absolute atomic E-state index is 0.627. The summed E-state index contributed by atoms with van der Waals surface area (Å²) in [6.07, 6.45) is 11.2. The molecule has 0 saturated heterocycles. The van der Waals surface area contributed by atoms with Crippen molar-refractivity contribution in [3.8, 4) is 0 Å². The van der Waals surface area contributed by atoms with E-state index in [1.165, 1.54) is 61.3 Å². The maximum Gasteiger partial charge on any atom is 0.0188 e. The number of fused-ring (bicyclic) bond motifs is 1. The number of hydrogen-bond donors (Lipinski definition) is 0. The van der Waals surface area contributed by atoms with E-state index in [9.17, 15) is 0 Å². The van der Waals surface area contributed by atoms with Crippen LogP contribution in [-0.2, 0) is 6.42 Å². The maximum absolute atomic E-state index is 3.94. The first-order chi connectivity index (χ1) is 10.3. The monoisotopic (exact) mass is 344 g/mol. The van der Waals surface area contributed by atoms with Crippen molar-refractivity contribution in [1.29, 1.82) is 0 Å². The lowest BCUT2D eigenvalue weighted by Gasteiger charge is -2.18. The van der Waals surface area contributed by atoms with Crippen molar-refractivity contribution in [2.24, 2.45) is 5.92 Å². The molecule has 2 aromatic rings. The van der Waals surface area contributed by atoms with E-state index in [2.05, 4.69) is 58.4 Å². The van der Waals surface area contributed by atoms with Gasteiger partial charge in [0.2, 0.25) is 0 Å². The molecule has 1 aliphatic rings. The summed E-state index contributed by atoms with van der Waals surface area (Å²) in [6.45, 7) is 0. The molecule has 112 valence electrons. The van der Waals surface area contributed by atoms with Crippen LogP contribution in [0.4, 0.5) is 0 Å². The minimum atomic E-state index is 0.627. The zero-order valence-corrected chi connectivity index (χ0v) is 14.3. The highest BCUT2D eigenvalue weighted by Crippen LogP contribution is 2.30. The third-order valence-corrected chi connectivity index (χ3v) is 5.53. The molecule has 0 spiro atoms. The van der Waals surface area contributed by atoms with E-state index in [4.69, 9.17) is 0 Å². The second-order valence-electron chi connectivity index (χ2n) is 6.58. The van der Waals surface area contributed by atoms with Crippen LogP contribution in [0.15, 0.2) is 42.5 Å². The number of halogens is 1. The van der Waals surface area contributed by atoms with Crippen LogP contribution >= 0.6 is 15.9 Å². The maximum atomic E-state index is 3.94. The van der Waals surface area contributed by atoms with Gasteiger partial charge in [-0.25, -0.2) is 0 Å². The van der Waals surface area contributed by atoms with Gasteiger partial charge in [-0.15, -0.1) is 0 Å². The van der Waals surface area contributed by atoms with Crippen LogP contribution in [0.1, 0.15) is 50.5 Å². The number of benzene rings is 2. The molecule has 21 heavy (non-hydrogen) atoms. The summed E-state index contributed by atoms with van der Waals surface area (Å²) in [4.78, 5) is 0.627. The molecule has 1 aliphatic carbocycles. The van der Waals surface area contributed by atoms with E-state index < -0.39 is 0 Å². The fourth-order valence-corrected chi connectivity index (χ4v) is 4.57.